The summed E-state index contributed by atoms with van der Waals surface area (Å²) >= 11 is 3.21. The van der Waals surface area contributed by atoms with Crippen LogP contribution in [-0.2, 0) is 6.42 Å². The maximum Gasteiger partial charge on any atom is 0.227 e. The van der Waals surface area contributed by atoms with Gasteiger partial charge < -0.3 is 10.5 Å². The van der Waals surface area contributed by atoms with E-state index in [9.17, 15) is 4.39 Å². The minimum atomic E-state index is -0.386. The number of ether oxygens (including phenoxy) is 1. The summed E-state index contributed by atoms with van der Waals surface area (Å²) < 4.78 is 19.5. The van der Waals surface area contributed by atoms with Crippen molar-refractivity contribution >= 4 is 21.7 Å². The standard InChI is InChI=1S/C13H13BrFN3O/c1-2-3-11-12(16)17-7-18-13(11)19-10-5-8(14)4-9(15)6-10/h4-7H,2-3H2,1H3,(H2,16,17,18). The molecule has 2 N–H and O–H groups in total. The first-order valence-electron chi connectivity index (χ1n) is 5.83. The van der Waals surface area contributed by atoms with Gasteiger partial charge in [-0.3, -0.25) is 0 Å². The van der Waals surface area contributed by atoms with E-state index in [1.807, 2.05) is 6.92 Å². The lowest BCUT2D eigenvalue weighted by Gasteiger charge is -2.11. The van der Waals surface area contributed by atoms with E-state index in [0.717, 1.165) is 12.0 Å². The van der Waals surface area contributed by atoms with E-state index in [-0.39, 0.29) is 5.82 Å². The lowest BCUT2D eigenvalue weighted by atomic mass is 10.2. The number of nitrogens with two attached hydrogens (primary N) is 1. The van der Waals surface area contributed by atoms with Crippen LogP contribution in [0.15, 0.2) is 29.0 Å². The van der Waals surface area contributed by atoms with Crippen LogP contribution in [-0.4, -0.2) is 9.97 Å². The normalized spacial score (nSPS) is 10.5. The van der Waals surface area contributed by atoms with Crippen LogP contribution >= 0.6 is 15.9 Å². The molecule has 4 nitrogen and oxygen atoms in total. The molecule has 100 valence electrons. The van der Waals surface area contributed by atoms with Crippen LogP contribution in [0.25, 0.3) is 0 Å². The Morgan fingerprint density at radius 1 is 1.32 bits per heavy atom. The van der Waals surface area contributed by atoms with E-state index >= 15 is 0 Å². The van der Waals surface area contributed by atoms with E-state index in [1.54, 1.807) is 6.07 Å². The zero-order valence-corrected chi connectivity index (χ0v) is 11.9. The predicted molar refractivity (Wildman–Crippen MR) is 74.6 cm³/mol. The molecular formula is C13H13BrFN3O. The van der Waals surface area contributed by atoms with Crippen molar-refractivity contribution in [1.82, 2.24) is 9.97 Å². The maximum absolute atomic E-state index is 13.3. The summed E-state index contributed by atoms with van der Waals surface area (Å²) in [5, 5.41) is 0. The molecule has 0 aliphatic rings. The van der Waals surface area contributed by atoms with E-state index in [1.165, 1.54) is 18.5 Å². The van der Waals surface area contributed by atoms with Gasteiger partial charge in [-0.25, -0.2) is 14.4 Å². The zero-order valence-electron chi connectivity index (χ0n) is 10.4. The molecule has 0 unspecified atom stereocenters. The van der Waals surface area contributed by atoms with Gasteiger partial charge in [0.15, 0.2) is 0 Å². The van der Waals surface area contributed by atoms with Gasteiger partial charge in [-0.15, -0.1) is 0 Å². The van der Waals surface area contributed by atoms with Gasteiger partial charge in [0.25, 0.3) is 0 Å². The molecule has 0 radical (unpaired) electrons. The molecule has 0 aliphatic carbocycles. The third kappa shape index (κ3) is 3.41. The minimum absolute atomic E-state index is 0.363. The SMILES string of the molecule is CCCc1c(N)ncnc1Oc1cc(F)cc(Br)c1. The number of anilines is 1. The second kappa shape index (κ2) is 5.97. The first kappa shape index (κ1) is 13.7. The highest BCUT2D eigenvalue weighted by Gasteiger charge is 2.11. The van der Waals surface area contributed by atoms with Crippen LogP contribution < -0.4 is 10.5 Å². The van der Waals surface area contributed by atoms with Crippen molar-refractivity contribution in [2.45, 2.75) is 19.8 Å². The van der Waals surface area contributed by atoms with Gasteiger partial charge in [0.2, 0.25) is 5.88 Å². The Morgan fingerprint density at radius 2 is 2.11 bits per heavy atom. The van der Waals surface area contributed by atoms with Gasteiger partial charge in [-0.05, 0) is 18.6 Å². The van der Waals surface area contributed by atoms with Crippen LogP contribution in [0.3, 0.4) is 0 Å². The number of halogens is 2. The van der Waals surface area contributed by atoms with E-state index in [0.29, 0.717) is 28.3 Å². The molecular weight excluding hydrogens is 313 g/mol. The third-order valence-electron chi connectivity index (χ3n) is 2.49. The fraction of sp³-hybridized carbons (Fsp3) is 0.231. The van der Waals surface area contributed by atoms with Gasteiger partial charge in [0, 0.05) is 10.5 Å². The lowest BCUT2D eigenvalue weighted by molar-refractivity contribution is 0.450. The zero-order chi connectivity index (χ0) is 13.8. The van der Waals surface area contributed by atoms with Gasteiger partial charge in [-0.1, -0.05) is 29.3 Å². The minimum Gasteiger partial charge on any atom is -0.438 e. The quantitative estimate of drug-likeness (QED) is 0.930. The largest absolute Gasteiger partial charge is 0.438 e. The van der Waals surface area contributed by atoms with Crippen molar-refractivity contribution in [3.8, 4) is 11.6 Å². The molecule has 19 heavy (non-hydrogen) atoms. The van der Waals surface area contributed by atoms with Crippen LogP contribution in [0, 0.1) is 5.82 Å². The summed E-state index contributed by atoms with van der Waals surface area (Å²) in [4.78, 5) is 8.00. The Morgan fingerprint density at radius 3 is 2.79 bits per heavy atom. The van der Waals surface area contributed by atoms with E-state index in [4.69, 9.17) is 10.5 Å². The number of rotatable bonds is 4. The van der Waals surface area contributed by atoms with Gasteiger partial charge in [-0.2, -0.15) is 0 Å². The predicted octanol–water partition coefficient (Wildman–Crippen LogP) is 3.71. The van der Waals surface area contributed by atoms with Crippen molar-refractivity contribution in [1.29, 1.82) is 0 Å². The Bertz CT molecular complexity index is 572. The van der Waals surface area contributed by atoms with Gasteiger partial charge in [0.05, 0.1) is 5.56 Å². The number of aromatic nitrogens is 2. The Balaban J connectivity index is 2.34. The van der Waals surface area contributed by atoms with Crippen LogP contribution in [0.4, 0.5) is 10.2 Å². The molecule has 2 aromatic rings. The smallest absolute Gasteiger partial charge is 0.227 e. The summed E-state index contributed by atoms with van der Waals surface area (Å²) in [7, 11) is 0. The molecule has 0 aliphatic heterocycles. The Hall–Kier alpha value is -1.69. The average Bonchev–Trinajstić information content (AvgIpc) is 2.32. The molecule has 0 fully saturated rings. The van der Waals surface area contributed by atoms with Crippen LogP contribution in [0.2, 0.25) is 0 Å². The van der Waals surface area contributed by atoms with Gasteiger partial charge in [0.1, 0.15) is 23.7 Å². The third-order valence-corrected chi connectivity index (χ3v) is 2.95. The second-order valence-electron chi connectivity index (χ2n) is 4.00. The van der Waals surface area contributed by atoms with Crippen molar-refractivity contribution < 1.29 is 9.13 Å². The summed E-state index contributed by atoms with van der Waals surface area (Å²) in [5.41, 5.74) is 6.55. The summed E-state index contributed by atoms with van der Waals surface area (Å²) in [5.74, 6) is 0.736. The number of nitrogens with zero attached hydrogens (tertiary/aromatic N) is 2. The number of benzene rings is 1. The highest BCUT2D eigenvalue weighted by atomic mass is 79.9. The second-order valence-corrected chi connectivity index (χ2v) is 4.92. The molecule has 0 spiro atoms. The molecule has 1 aromatic heterocycles. The molecule has 1 heterocycles. The molecule has 0 saturated carbocycles. The van der Waals surface area contributed by atoms with Gasteiger partial charge >= 0.3 is 0 Å². The fourth-order valence-corrected chi connectivity index (χ4v) is 2.13. The lowest BCUT2D eigenvalue weighted by Crippen LogP contribution is -2.02. The summed E-state index contributed by atoms with van der Waals surface area (Å²) in [6.07, 6.45) is 2.93. The maximum atomic E-state index is 13.3. The van der Waals surface area contributed by atoms with Crippen LogP contribution in [0.1, 0.15) is 18.9 Å². The fourth-order valence-electron chi connectivity index (χ4n) is 1.68. The number of hydrogen-bond acceptors (Lipinski definition) is 4. The summed E-state index contributed by atoms with van der Waals surface area (Å²) in [6, 6.07) is 4.31. The van der Waals surface area contributed by atoms with Crippen molar-refractivity contribution in [2.24, 2.45) is 0 Å². The molecule has 1 aromatic carbocycles. The van der Waals surface area contributed by atoms with E-state index < -0.39 is 0 Å². The molecule has 2 rings (SSSR count). The van der Waals surface area contributed by atoms with Crippen molar-refractivity contribution in [3.63, 3.8) is 0 Å². The number of hydrogen-bond donors (Lipinski definition) is 1. The number of nitrogen functional groups attached to an aromatic ring is 1. The molecule has 6 heteroatoms. The Labute approximate surface area is 119 Å². The highest BCUT2D eigenvalue weighted by Crippen LogP contribution is 2.29. The van der Waals surface area contributed by atoms with Crippen molar-refractivity contribution in [2.75, 3.05) is 5.73 Å². The summed E-state index contributed by atoms with van der Waals surface area (Å²) in [6.45, 7) is 2.02. The van der Waals surface area contributed by atoms with E-state index in [2.05, 4.69) is 25.9 Å². The molecule has 0 bridgehead atoms. The first-order chi connectivity index (χ1) is 9.10. The molecule has 0 atom stereocenters. The Kier molecular flexibility index (Phi) is 4.31. The van der Waals surface area contributed by atoms with Crippen molar-refractivity contribution in [3.05, 3.63) is 40.4 Å². The topological polar surface area (TPSA) is 61.0 Å². The average molecular weight is 326 g/mol. The van der Waals surface area contributed by atoms with Crippen LogP contribution in [0.5, 0.6) is 11.6 Å². The monoisotopic (exact) mass is 325 g/mol. The first-order valence-corrected chi connectivity index (χ1v) is 6.62. The molecule has 0 saturated heterocycles. The highest BCUT2D eigenvalue weighted by molar-refractivity contribution is 9.10. The molecule has 0 amide bonds.